The van der Waals surface area contributed by atoms with Crippen molar-refractivity contribution < 1.29 is 18.7 Å². The zero-order valence-electron chi connectivity index (χ0n) is 16.0. The van der Waals surface area contributed by atoms with E-state index in [2.05, 4.69) is 16.9 Å². The second kappa shape index (κ2) is 8.60. The molecule has 30 heavy (non-hydrogen) atoms. The van der Waals surface area contributed by atoms with Gasteiger partial charge >= 0.3 is 0 Å². The minimum Gasteiger partial charge on any atom is -0.499 e. The van der Waals surface area contributed by atoms with E-state index in [1.54, 1.807) is 24.5 Å². The number of halogens is 2. The Balaban J connectivity index is 1.72. The molecule has 1 aliphatic rings. The summed E-state index contributed by atoms with van der Waals surface area (Å²) in [6, 6.07) is 6.58. The molecule has 1 saturated carbocycles. The van der Waals surface area contributed by atoms with Crippen molar-refractivity contribution in [2.75, 3.05) is 18.5 Å². The molecular weight excluding hydrogens is 502 g/mol. The number of carbonyl (C=O) groups excluding carboxylic acids is 1. The summed E-state index contributed by atoms with van der Waals surface area (Å²) in [5.74, 6) is -1.03. The number of nitrogens with two attached hydrogens (primary N) is 1. The Kier molecular flexibility index (Phi) is 5.91. The second-order valence-corrected chi connectivity index (χ2v) is 8.10. The molecule has 1 aromatic carbocycles. The van der Waals surface area contributed by atoms with Gasteiger partial charge in [0.05, 0.1) is 41.9 Å². The molecule has 0 radical (unpaired) electrons. The molecule has 4 rings (SSSR count). The van der Waals surface area contributed by atoms with Gasteiger partial charge in [-0.2, -0.15) is 0 Å². The molecule has 2 aromatic heterocycles. The first-order chi connectivity index (χ1) is 14.5. The van der Waals surface area contributed by atoms with Crippen LogP contribution < -0.4 is 11.1 Å². The van der Waals surface area contributed by atoms with E-state index in [0.717, 1.165) is 15.5 Å². The van der Waals surface area contributed by atoms with Crippen LogP contribution in [0.5, 0.6) is 0 Å². The summed E-state index contributed by atoms with van der Waals surface area (Å²) in [4.78, 5) is 16.6. The van der Waals surface area contributed by atoms with E-state index < -0.39 is 11.7 Å². The van der Waals surface area contributed by atoms with Gasteiger partial charge in [-0.15, -0.1) is 0 Å². The molecule has 156 valence electrons. The Labute approximate surface area is 186 Å². The van der Waals surface area contributed by atoms with E-state index in [-0.39, 0.29) is 23.5 Å². The topological polar surface area (TPSA) is 91.4 Å². The monoisotopic (exact) mass is 522 g/mol. The molecule has 0 bridgehead atoms. The van der Waals surface area contributed by atoms with Crippen LogP contribution in [0.1, 0.15) is 23.0 Å². The number of benzene rings is 1. The first kappa shape index (κ1) is 20.6. The molecule has 0 saturated heterocycles. The van der Waals surface area contributed by atoms with Crippen LogP contribution in [-0.4, -0.2) is 34.8 Å². The fraction of sp³-hybridized carbons (Fsp3) is 0.238. The number of anilines is 2. The lowest BCUT2D eigenvalue weighted by Crippen LogP contribution is -2.19. The third-order valence-corrected chi connectivity index (χ3v) is 5.58. The van der Waals surface area contributed by atoms with Gasteiger partial charge in [-0.05, 0) is 53.3 Å². The predicted molar refractivity (Wildman–Crippen MR) is 120 cm³/mol. The number of rotatable bonds is 9. The van der Waals surface area contributed by atoms with E-state index in [1.807, 2.05) is 33.2 Å². The third kappa shape index (κ3) is 3.99. The predicted octanol–water partition coefficient (Wildman–Crippen LogP) is 4.11. The van der Waals surface area contributed by atoms with Crippen molar-refractivity contribution in [3.8, 4) is 0 Å². The minimum atomic E-state index is -0.611. The van der Waals surface area contributed by atoms with Gasteiger partial charge in [0.15, 0.2) is 0 Å². The van der Waals surface area contributed by atoms with E-state index in [4.69, 9.17) is 15.2 Å². The Bertz CT molecular complexity index is 1120. The third-order valence-electron chi connectivity index (χ3n) is 4.91. The lowest BCUT2D eigenvalue weighted by atomic mass is 10.2. The molecule has 1 amide bonds. The van der Waals surface area contributed by atoms with E-state index in [9.17, 15) is 9.18 Å². The molecule has 3 aromatic rings. The summed E-state index contributed by atoms with van der Waals surface area (Å²) in [5.41, 5.74) is 7.51. The van der Waals surface area contributed by atoms with E-state index in [0.29, 0.717) is 24.3 Å². The molecule has 7 nitrogen and oxygen atoms in total. The lowest BCUT2D eigenvalue weighted by molar-refractivity contribution is 0.0678. The highest BCUT2D eigenvalue weighted by atomic mass is 127. The molecule has 1 aliphatic carbocycles. The molecule has 9 heteroatoms. The maximum absolute atomic E-state index is 14.5. The average molecular weight is 522 g/mol. The maximum Gasteiger partial charge on any atom is 0.267 e. The average Bonchev–Trinajstić information content (AvgIpc) is 3.41. The molecular formula is C21H20FIN4O3. The summed E-state index contributed by atoms with van der Waals surface area (Å²) in [7, 11) is 0. The zero-order valence-corrected chi connectivity index (χ0v) is 18.1. The number of carbonyl (C=O) groups is 1. The highest BCUT2D eigenvalue weighted by Gasteiger charge is 2.43. The van der Waals surface area contributed by atoms with Gasteiger partial charge in [0.2, 0.25) is 0 Å². The van der Waals surface area contributed by atoms with Gasteiger partial charge in [0.25, 0.3) is 5.91 Å². The highest BCUT2D eigenvalue weighted by molar-refractivity contribution is 14.1. The summed E-state index contributed by atoms with van der Waals surface area (Å²) >= 11 is 2.04. The Morgan fingerprint density at radius 1 is 1.43 bits per heavy atom. The Morgan fingerprint density at radius 3 is 3.00 bits per heavy atom. The van der Waals surface area contributed by atoms with Crippen LogP contribution in [0.2, 0.25) is 0 Å². The van der Waals surface area contributed by atoms with Crippen LogP contribution in [0.3, 0.4) is 0 Å². The number of aromatic nitrogens is 2. The molecule has 2 heterocycles. The minimum absolute atomic E-state index is 0.0572. The van der Waals surface area contributed by atoms with Crippen molar-refractivity contribution in [1.82, 2.24) is 9.55 Å². The van der Waals surface area contributed by atoms with E-state index in [1.165, 1.54) is 12.3 Å². The second-order valence-electron chi connectivity index (χ2n) is 6.85. The van der Waals surface area contributed by atoms with Crippen LogP contribution in [0.4, 0.5) is 15.8 Å². The Morgan fingerprint density at radius 2 is 2.27 bits per heavy atom. The molecule has 1 fully saturated rings. The van der Waals surface area contributed by atoms with Crippen molar-refractivity contribution in [2.24, 2.45) is 5.73 Å². The molecule has 0 aliphatic heterocycles. The number of amides is 1. The zero-order chi connectivity index (χ0) is 21.3. The van der Waals surface area contributed by atoms with Gasteiger partial charge in [-0.3, -0.25) is 9.78 Å². The van der Waals surface area contributed by atoms with Crippen LogP contribution in [0.15, 0.2) is 49.5 Å². The lowest BCUT2D eigenvalue weighted by Gasteiger charge is -2.12. The van der Waals surface area contributed by atoms with Gasteiger partial charge in [0.1, 0.15) is 18.1 Å². The fourth-order valence-corrected chi connectivity index (χ4v) is 3.99. The van der Waals surface area contributed by atoms with Gasteiger partial charge < -0.3 is 25.1 Å². The van der Waals surface area contributed by atoms with Crippen molar-refractivity contribution in [3.05, 3.63) is 64.6 Å². The normalized spacial score (nSPS) is 17.7. The molecule has 3 N–H and O–H groups in total. The Hall–Kier alpha value is -2.66. The quantitative estimate of drug-likeness (QED) is 0.251. The molecule has 0 spiro atoms. The van der Waals surface area contributed by atoms with Gasteiger partial charge in [-0.1, -0.05) is 6.58 Å². The number of pyridine rings is 1. The maximum atomic E-state index is 14.5. The van der Waals surface area contributed by atoms with Gasteiger partial charge in [-0.25, -0.2) is 4.39 Å². The number of hydrogen-bond acceptors (Lipinski definition) is 5. The number of fused-ring (bicyclic) bond motifs is 1. The summed E-state index contributed by atoms with van der Waals surface area (Å²) in [5, 5.41) is 3.74. The first-order valence-corrected chi connectivity index (χ1v) is 10.4. The van der Waals surface area contributed by atoms with Gasteiger partial charge in [0, 0.05) is 21.4 Å². The van der Waals surface area contributed by atoms with Crippen molar-refractivity contribution >= 4 is 50.8 Å². The number of hydrogen-bond donors (Lipinski definition) is 2. The number of nitrogens with one attached hydrogen (secondary N) is 1. The number of primary amides is 1. The largest absolute Gasteiger partial charge is 0.499 e. The highest BCUT2D eigenvalue weighted by Crippen LogP contribution is 2.45. The van der Waals surface area contributed by atoms with Crippen LogP contribution in [-0.2, 0) is 9.47 Å². The first-order valence-electron chi connectivity index (χ1n) is 9.35. The molecule has 2 atom stereocenters. The summed E-state index contributed by atoms with van der Waals surface area (Å²) in [6.45, 7) is 4.32. The standard InChI is InChI=1S/C21H20FIN4O3/c1-2-29-7-8-30-18-10-17(18)27-16-5-6-25-11-13(16)19(20(27)21(24)28)26-15-4-3-12(23)9-14(15)22/h2-6,9,11,17-18,26H,1,7-8,10H2,(H2,24,28). The summed E-state index contributed by atoms with van der Waals surface area (Å²) in [6.07, 6.45) is 5.32. The smallest absolute Gasteiger partial charge is 0.267 e. The number of ether oxygens (including phenoxy) is 2. The van der Waals surface area contributed by atoms with E-state index >= 15 is 0 Å². The molecule has 2 unspecified atom stereocenters. The summed E-state index contributed by atoms with van der Waals surface area (Å²) < 4.78 is 28.0. The van der Waals surface area contributed by atoms with Crippen molar-refractivity contribution in [2.45, 2.75) is 18.6 Å². The number of nitrogens with zero attached hydrogens (tertiary/aromatic N) is 2. The van der Waals surface area contributed by atoms with Crippen LogP contribution in [0, 0.1) is 9.39 Å². The van der Waals surface area contributed by atoms with Crippen molar-refractivity contribution in [3.63, 3.8) is 0 Å². The van der Waals surface area contributed by atoms with Crippen LogP contribution in [0.25, 0.3) is 10.9 Å². The van der Waals surface area contributed by atoms with Crippen molar-refractivity contribution in [1.29, 1.82) is 0 Å². The fourth-order valence-electron chi connectivity index (χ4n) is 3.54. The van der Waals surface area contributed by atoms with Crippen LogP contribution >= 0.6 is 22.6 Å². The SMILES string of the molecule is C=COCCOC1CC1n1c(C(N)=O)c(Nc2ccc(I)cc2F)c2cnccc21.